The van der Waals surface area contributed by atoms with Gasteiger partial charge < -0.3 is 10.6 Å². The third kappa shape index (κ3) is 3.04. The van der Waals surface area contributed by atoms with E-state index in [1.54, 1.807) is 0 Å². The Morgan fingerprint density at radius 3 is 2.33 bits per heavy atom. The lowest BCUT2D eigenvalue weighted by atomic mass is 10.1. The van der Waals surface area contributed by atoms with Crippen LogP contribution in [0.25, 0.3) is 0 Å². The summed E-state index contributed by atoms with van der Waals surface area (Å²) in [6.07, 6.45) is 4.77. The van der Waals surface area contributed by atoms with Gasteiger partial charge >= 0.3 is 0 Å². The Balaban J connectivity index is 1.74. The summed E-state index contributed by atoms with van der Waals surface area (Å²) < 4.78 is 28.3. The van der Waals surface area contributed by atoms with Crippen LogP contribution in [0.4, 0.5) is 14.5 Å². The van der Waals surface area contributed by atoms with Crippen molar-refractivity contribution in [2.24, 2.45) is 5.73 Å². The number of benzene rings is 1. The molecule has 5 heteroatoms. The molecule has 2 aliphatic rings. The van der Waals surface area contributed by atoms with Crippen molar-refractivity contribution in [3.05, 3.63) is 29.3 Å². The highest BCUT2D eigenvalue weighted by atomic mass is 19.1. The molecular formula is C16H23F2N3. The van der Waals surface area contributed by atoms with Gasteiger partial charge in [0.15, 0.2) is 0 Å². The number of likely N-dealkylation sites (tertiary alicyclic amines) is 1. The summed E-state index contributed by atoms with van der Waals surface area (Å²) in [5, 5.41) is 0. The monoisotopic (exact) mass is 295 g/mol. The summed E-state index contributed by atoms with van der Waals surface area (Å²) in [7, 11) is 0. The van der Waals surface area contributed by atoms with Crippen molar-refractivity contribution < 1.29 is 8.78 Å². The van der Waals surface area contributed by atoms with Crippen molar-refractivity contribution in [3.8, 4) is 0 Å². The van der Waals surface area contributed by atoms with Crippen LogP contribution in [0.15, 0.2) is 12.1 Å². The molecule has 116 valence electrons. The average molecular weight is 295 g/mol. The van der Waals surface area contributed by atoms with E-state index in [4.69, 9.17) is 5.73 Å². The van der Waals surface area contributed by atoms with Gasteiger partial charge in [-0.2, -0.15) is 0 Å². The summed E-state index contributed by atoms with van der Waals surface area (Å²) in [5.41, 5.74) is 6.07. The molecule has 2 fully saturated rings. The van der Waals surface area contributed by atoms with Gasteiger partial charge in [-0.3, -0.25) is 4.90 Å². The Morgan fingerprint density at radius 1 is 1.05 bits per heavy atom. The Morgan fingerprint density at radius 2 is 1.71 bits per heavy atom. The summed E-state index contributed by atoms with van der Waals surface area (Å²) in [5.74, 6) is -0.982. The number of nitrogens with zero attached hydrogens (tertiary/aromatic N) is 2. The molecule has 1 atom stereocenters. The first-order valence-corrected chi connectivity index (χ1v) is 7.86. The van der Waals surface area contributed by atoms with Crippen molar-refractivity contribution in [3.63, 3.8) is 0 Å². The van der Waals surface area contributed by atoms with Gasteiger partial charge in [-0.15, -0.1) is 0 Å². The molecular weight excluding hydrogens is 272 g/mol. The third-order valence-corrected chi connectivity index (χ3v) is 4.70. The van der Waals surface area contributed by atoms with E-state index in [1.165, 1.54) is 31.4 Å². The number of hydrogen-bond donors (Lipinski definition) is 1. The van der Waals surface area contributed by atoms with Gasteiger partial charge in [-0.1, -0.05) is 6.42 Å². The summed E-state index contributed by atoms with van der Waals surface area (Å²) in [6.45, 7) is 3.84. The fourth-order valence-electron chi connectivity index (χ4n) is 3.56. The molecule has 2 saturated heterocycles. The molecule has 1 unspecified atom stereocenters. The van der Waals surface area contributed by atoms with Crippen LogP contribution in [0.5, 0.6) is 0 Å². The molecule has 0 spiro atoms. The standard InChI is InChI=1S/C16H23F2N3/c17-14-8-12(10-19)9-15(18)16(14)21-7-4-13(11-21)20-5-2-1-3-6-20/h8-9,13H,1-7,10-11,19H2. The van der Waals surface area contributed by atoms with E-state index < -0.39 is 11.6 Å². The predicted octanol–water partition coefficient (Wildman–Crippen LogP) is 2.49. The van der Waals surface area contributed by atoms with E-state index in [0.717, 1.165) is 32.6 Å². The second-order valence-electron chi connectivity index (χ2n) is 6.10. The quantitative estimate of drug-likeness (QED) is 0.930. The van der Waals surface area contributed by atoms with E-state index in [-0.39, 0.29) is 12.2 Å². The number of piperidine rings is 1. The maximum absolute atomic E-state index is 14.2. The first kappa shape index (κ1) is 14.7. The summed E-state index contributed by atoms with van der Waals surface area (Å²) in [6, 6.07) is 3.14. The molecule has 1 aromatic rings. The number of halogens is 2. The zero-order chi connectivity index (χ0) is 14.8. The van der Waals surface area contributed by atoms with E-state index in [0.29, 0.717) is 11.6 Å². The van der Waals surface area contributed by atoms with E-state index in [2.05, 4.69) is 4.90 Å². The molecule has 2 heterocycles. The van der Waals surface area contributed by atoms with Crippen LogP contribution in [0, 0.1) is 11.6 Å². The van der Waals surface area contributed by atoms with Crippen molar-refractivity contribution in [1.29, 1.82) is 0 Å². The molecule has 0 aromatic heterocycles. The van der Waals surface area contributed by atoms with Crippen LogP contribution in [0.3, 0.4) is 0 Å². The van der Waals surface area contributed by atoms with Crippen molar-refractivity contribution in [2.75, 3.05) is 31.1 Å². The van der Waals surface area contributed by atoms with E-state index in [1.807, 2.05) is 4.90 Å². The van der Waals surface area contributed by atoms with Crippen LogP contribution >= 0.6 is 0 Å². The number of hydrogen-bond acceptors (Lipinski definition) is 3. The van der Waals surface area contributed by atoms with Crippen LogP contribution in [-0.4, -0.2) is 37.1 Å². The van der Waals surface area contributed by atoms with Crippen molar-refractivity contribution >= 4 is 5.69 Å². The lowest BCUT2D eigenvalue weighted by Gasteiger charge is -2.32. The van der Waals surface area contributed by atoms with Gasteiger partial charge in [-0.05, 0) is 50.0 Å². The molecule has 2 aliphatic heterocycles. The molecule has 0 saturated carbocycles. The molecule has 0 amide bonds. The molecule has 0 radical (unpaired) electrons. The lowest BCUT2D eigenvalue weighted by molar-refractivity contribution is 0.174. The minimum atomic E-state index is -0.491. The normalized spacial score (nSPS) is 23.8. The third-order valence-electron chi connectivity index (χ3n) is 4.70. The van der Waals surface area contributed by atoms with Crippen molar-refractivity contribution in [2.45, 2.75) is 38.3 Å². The second kappa shape index (κ2) is 6.28. The average Bonchev–Trinajstić information content (AvgIpc) is 2.97. The van der Waals surface area contributed by atoms with Crippen molar-refractivity contribution in [1.82, 2.24) is 4.90 Å². The zero-order valence-corrected chi connectivity index (χ0v) is 12.3. The van der Waals surface area contributed by atoms with Gasteiger partial charge in [-0.25, -0.2) is 8.78 Å². The fraction of sp³-hybridized carbons (Fsp3) is 0.625. The lowest BCUT2D eigenvalue weighted by Crippen LogP contribution is -2.41. The molecule has 3 nitrogen and oxygen atoms in total. The van der Waals surface area contributed by atoms with Gasteiger partial charge in [0.1, 0.15) is 17.3 Å². The fourth-order valence-corrected chi connectivity index (χ4v) is 3.56. The first-order valence-electron chi connectivity index (χ1n) is 7.86. The SMILES string of the molecule is NCc1cc(F)c(N2CCC(N3CCCCC3)C2)c(F)c1. The minimum Gasteiger partial charge on any atom is -0.365 e. The smallest absolute Gasteiger partial charge is 0.149 e. The zero-order valence-electron chi connectivity index (χ0n) is 12.3. The second-order valence-corrected chi connectivity index (χ2v) is 6.10. The van der Waals surface area contributed by atoms with Crippen LogP contribution in [0.1, 0.15) is 31.2 Å². The van der Waals surface area contributed by atoms with Gasteiger partial charge in [0.25, 0.3) is 0 Å². The van der Waals surface area contributed by atoms with Crippen LogP contribution < -0.4 is 10.6 Å². The molecule has 0 aliphatic carbocycles. The highest BCUT2D eigenvalue weighted by molar-refractivity contribution is 5.51. The molecule has 1 aromatic carbocycles. The highest BCUT2D eigenvalue weighted by Crippen LogP contribution is 2.30. The molecule has 2 N–H and O–H groups in total. The number of rotatable bonds is 3. The summed E-state index contributed by atoms with van der Waals surface area (Å²) >= 11 is 0. The van der Waals surface area contributed by atoms with Crippen LogP contribution in [0.2, 0.25) is 0 Å². The maximum atomic E-state index is 14.2. The molecule has 3 rings (SSSR count). The summed E-state index contributed by atoms with van der Waals surface area (Å²) in [4.78, 5) is 4.33. The minimum absolute atomic E-state index is 0.117. The Hall–Kier alpha value is -1.20. The van der Waals surface area contributed by atoms with E-state index in [9.17, 15) is 8.78 Å². The molecule has 0 bridgehead atoms. The largest absolute Gasteiger partial charge is 0.365 e. The van der Waals surface area contributed by atoms with Gasteiger partial charge in [0, 0.05) is 25.7 Å². The first-order chi connectivity index (χ1) is 10.2. The Kier molecular flexibility index (Phi) is 4.40. The predicted molar refractivity (Wildman–Crippen MR) is 80.3 cm³/mol. The van der Waals surface area contributed by atoms with E-state index >= 15 is 0 Å². The Bertz CT molecular complexity index is 477. The highest BCUT2D eigenvalue weighted by Gasteiger charge is 2.31. The molecule has 21 heavy (non-hydrogen) atoms. The topological polar surface area (TPSA) is 32.5 Å². The Labute approximate surface area is 124 Å². The van der Waals surface area contributed by atoms with Gasteiger partial charge in [0.05, 0.1) is 0 Å². The number of nitrogens with two attached hydrogens (primary N) is 1. The maximum Gasteiger partial charge on any atom is 0.149 e. The van der Waals surface area contributed by atoms with Gasteiger partial charge in [0.2, 0.25) is 0 Å². The van der Waals surface area contributed by atoms with Crippen LogP contribution in [-0.2, 0) is 6.54 Å². The number of anilines is 1.